The minimum atomic E-state index is -4.99. The van der Waals surface area contributed by atoms with Gasteiger partial charge in [-0.25, -0.2) is 9.13 Å². The van der Waals surface area contributed by atoms with Gasteiger partial charge in [0.25, 0.3) is 0 Å². The van der Waals surface area contributed by atoms with Crippen LogP contribution in [0.25, 0.3) is 0 Å². The summed E-state index contributed by atoms with van der Waals surface area (Å²) in [5.41, 5.74) is 0. The molecule has 0 saturated carbocycles. The number of aliphatic hydroxyl groups excluding tert-OH is 1. The van der Waals surface area contributed by atoms with Gasteiger partial charge in [-0.05, 0) is 103 Å². The Labute approximate surface area is 595 Å². The van der Waals surface area contributed by atoms with Gasteiger partial charge in [0.2, 0.25) is 0 Å². The van der Waals surface area contributed by atoms with E-state index in [1.165, 1.54) is 135 Å². The molecule has 19 heteroatoms. The van der Waals surface area contributed by atoms with Crippen LogP contribution in [-0.2, 0) is 65.4 Å². The molecule has 568 valence electrons. The molecule has 0 aliphatic heterocycles. The maximum atomic E-state index is 13.1. The highest BCUT2D eigenvalue weighted by molar-refractivity contribution is 7.47. The van der Waals surface area contributed by atoms with Crippen molar-refractivity contribution in [3.8, 4) is 0 Å². The van der Waals surface area contributed by atoms with Crippen molar-refractivity contribution in [1.29, 1.82) is 0 Å². The summed E-state index contributed by atoms with van der Waals surface area (Å²) in [6.07, 6.45) is 73.1. The van der Waals surface area contributed by atoms with E-state index >= 15 is 0 Å². The van der Waals surface area contributed by atoms with Crippen molar-refractivity contribution in [2.45, 2.75) is 354 Å². The highest BCUT2D eigenvalue weighted by atomic mass is 31.2. The van der Waals surface area contributed by atoms with Gasteiger partial charge < -0.3 is 33.8 Å². The monoisotopic (exact) mass is 1420 g/mol. The Hall–Kier alpha value is -3.76. The van der Waals surface area contributed by atoms with E-state index in [-0.39, 0.29) is 25.7 Å². The highest BCUT2D eigenvalue weighted by Crippen LogP contribution is 2.45. The molecule has 0 heterocycles. The summed E-state index contributed by atoms with van der Waals surface area (Å²) in [5, 5.41) is 10.6. The van der Waals surface area contributed by atoms with Crippen LogP contribution in [-0.4, -0.2) is 96.7 Å². The standard InChI is InChI=1S/C79H140O17P2/c1-5-9-13-17-21-25-29-33-36-40-43-47-51-55-59-63-76(81)89-69-74(95-78(83)65-61-57-53-49-45-39-32-28-24-20-16-12-8-4)71-93-97(85,86)91-67-73(80)68-92-98(87,88)94-72-75(96-79(84)66-62-58-54-50-46-42-38-35-31-27-23-19-15-11-7-3)70-90-77(82)64-60-56-52-48-44-41-37-34-30-26-22-18-14-10-6-2/h10,14,22,26,28,32,34-35,37-38,44,48,56,60,73-75,80H,5-9,11-13,15-21,23-25,27,29-31,33,36,39-43,45-47,49-55,57-59,61-72H2,1-4H3,(H,85,86)(H,87,88)/b14-10-,26-22-,32-28-,37-34-,38-35-,48-44-,60-56-. The minimum Gasteiger partial charge on any atom is -0.462 e. The molecule has 0 spiro atoms. The topological polar surface area (TPSA) is 237 Å². The molecule has 98 heavy (non-hydrogen) atoms. The molecule has 0 aromatic heterocycles. The lowest BCUT2D eigenvalue weighted by atomic mass is 10.0. The quantitative estimate of drug-likeness (QED) is 0.0169. The van der Waals surface area contributed by atoms with Crippen LogP contribution in [0.3, 0.4) is 0 Å². The Bertz CT molecular complexity index is 2190. The van der Waals surface area contributed by atoms with Crippen molar-refractivity contribution >= 4 is 39.5 Å². The van der Waals surface area contributed by atoms with E-state index in [1.807, 2.05) is 18.2 Å². The van der Waals surface area contributed by atoms with Gasteiger partial charge in [0.05, 0.1) is 32.8 Å². The van der Waals surface area contributed by atoms with Gasteiger partial charge in [-0.3, -0.25) is 37.3 Å². The molecule has 0 rings (SSSR count). The molecule has 0 amide bonds. The van der Waals surface area contributed by atoms with Crippen LogP contribution in [0.2, 0.25) is 0 Å². The van der Waals surface area contributed by atoms with E-state index in [4.69, 9.17) is 37.0 Å². The number of ether oxygens (including phenoxy) is 4. The molecule has 0 aliphatic carbocycles. The van der Waals surface area contributed by atoms with E-state index in [1.54, 1.807) is 6.08 Å². The lowest BCUT2D eigenvalue weighted by Gasteiger charge is -2.21. The summed E-state index contributed by atoms with van der Waals surface area (Å²) in [4.78, 5) is 72.8. The lowest BCUT2D eigenvalue weighted by molar-refractivity contribution is -0.161. The molecular formula is C79H140O17P2. The maximum absolute atomic E-state index is 13.1. The first-order chi connectivity index (χ1) is 47.7. The van der Waals surface area contributed by atoms with Gasteiger partial charge in [0.15, 0.2) is 12.2 Å². The number of carbonyl (C=O) groups excluding carboxylic acids is 4. The summed E-state index contributed by atoms with van der Waals surface area (Å²) < 4.78 is 68.4. The Morgan fingerprint density at radius 2 is 0.571 bits per heavy atom. The van der Waals surface area contributed by atoms with Crippen LogP contribution >= 0.6 is 15.6 Å². The zero-order chi connectivity index (χ0) is 71.8. The van der Waals surface area contributed by atoms with Crippen molar-refractivity contribution in [2.75, 3.05) is 39.6 Å². The summed E-state index contributed by atoms with van der Waals surface area (Å²) in [6, 6.07) is 0. The average Bonchev–Trinajstić information content (AvgIpc) is 1.04. The zero-order valence-corrected chi connectivity index (χ0v) is 63.7. The average molecular weight is 1420 g/mol. The van der Waals surface area contributed by atoms with Crippen molar-refractivity contribution in [2.24, 2.45) is 0 Å². The summed E-state index contributed by atoms with van der Waals surface area (Å²) >= 11 is 0. The van der Waals surface area contributed by atoms with E-state index in [0.717, 1.165) is 122 Å². The third-order valence-electron chi connectivity index (χ3n) is 16.4. The van der Waals surface area contributed by atoms with Crippen molar-refractivity contribution < 1.29 is 80.2 Å². The van der Waals surface area contributed by atoms with E-state index in [2.05, 4.69) is 88.5 Å². The largest absolute Gasteiger partial charge is 0.472 e. The molecule has 0 aromatic rings. The second-order valence-electron chi connectivity index (χ2n) is 25.9. The van der Waals surface area contributed by atoms with E-state index in [9.17, 15) is 43.2 Å². The van der Waals surface area contributed by atoms with Crippen LogP contribution in [0.1, 0.15) is 336 Å². The number of hydrogen-bond donors (Lipinski definition) is 3. The number of esters is 4. The first-order valence-corrected chi connectivity index (χ1v) is 41.8. The second kappa shape index (κ2) is 71.6. The number of phosphoric ester groups is 2. The van der Waals surface area contributed by atoms with E-state index < -0.39 is 97.5 Å². The SMILES string of the molecule is CC/C=C\C/C=C\C/C=C\C/C=C\C/C=C\CC(=O)OCC(COP(=O)(O)OCC(O)COP(=O)(O)OCC(COC(=O)CCCCCCCCCCCCCCCCC)OC(=O)CCCCCCC/C=C\CCCCCC)OC(=O)CCCCCCC/C=C\CCCCCCCC. The van der Waals surface area contributed by atoms with Gasteiger partial charge in [-0.1, -0.05) is 293 Å². The third-order valence-corrected chi connectivity index (χ3v) is 18.3. The predicted octanol–water partition coefficient (Wildman–Crippen LogP) is 22.2. The normalized spacial score (nSPS) is 14.4. The van der Waals surface area contributed by atoms with Crippen LogP contribution < -0.4 is 0 Å². The lowest BCUT2D eigenvalue weighted by Crippen LogP contribution is -2.30. The van der Waals surface area contributed by atoms with E-state index in [0.29, 0.717) is 25.7 Å². The van der Waals surface area contributed by atoms with Crippen LogP contribution in [0.5, 0.6) is 0 Å². The fraction of sp³-hybridized carbons (Fsp3) is 0.772. The summed E-state index contributed by atoms with van der Waals surface area (Å²) in [6.45, 7) is 4.65. The van der Waals surface area contributed by atoms with Gasteiger partial charge in [-0.15, -0.1) is 0 Å². The highest BCUT2D eigenvalue weighted by Gasteiger charge is 2.30. The molecule has 3 N–H and O–H groups in total. The van der Waals surface area contributed by atoms with Crippen LogP contribution in [0.15, 0.2) is 85.1 Å². The van der Waals surface area contributed by atoms with Gasteiger partial charge in [-0.2, -0.15) is 0 Å². The summed E-state index contributed by atoms with van der Waals surface area (Å²) in [5.74, 6) is -2.32. The maximum Gasteiger partial charge on any atom is 0.472 e. The Balaban J connectivity index is 5.39. The molecule has 0 aliphatic rings. The zero-order valence-electron chi connectivity index (χ0n) is 62.0. The van der Waals surface area contributed by atoms with Crippen LogP contribution in [0, 0.1) is 0 Å². The first-order valence-electron chi connectivity index (χ1n) is 38.8. The Morgan fingerprint density at radius 1 is 0.306 bits per heavy atom. The van der Waals surface area contributed by atoms with Crippen molar-refractivity contribution in [3.63, 3.8) is 0 Å². The molecule has 5 unspecified atom stereocenters. The third kappa shape index (κ3) is 70.7. The molecular weight excluding hydrogens is 1280 g/mol. The minimum absolute atomic E-state index is 0.0670. The fourth-order valence-electron chi connectivity index (χ4n) is 10.5. The Kier molecular flexibility index (Phi) is 68.9. The number of allylic oxidation sites excluding steroid dienone is 13. The number of rotatable bonds is 73. The molecule has 0 radical (unpaired) electrons. The smallest absolute Gasteiger partial charge is 0.462 e. The van der Waals surface area contributed by atoms with Gasteiger partial charge in [0.1, 0.15) is 19.3 Å². The number of unbranched alkanes of at least 4 members (excludes halogenated alkanes) is 34. The molecule has 0 saturated heterocycles. The van der Waals surface area contributed by atoms with Gasteiger partial charge in [0, 0.05) is 19.3 Å². The van der Waals surface area contributed by atoms with Crippen LogP contribution in [0.4, 0.5) is 0 Å². The predicted molar refractivity (Wildman–Crippen MR) is 399 cm³/mol. The number of phosphoric acid groups is 2. The number of aliphatic hydroxyl groups is 1. The molecule has 17 nitrogen and oxygen atoms in total. The van der Waals surface area contributed by atoms with Crippen molar-refractivity contribution in [1.82, 2.24) is 0 Å². The van der Waals surface area contributed by atoms with Crippen molar-refractivity contribution in [3.05, 3.63) is 85.1 Å². The molecule has 5 atom stereocenters. The first kappa shape index (κ1) is 94.2. The second-order valence-corrected chi connectivity index (χ2v) is 28.8. The molecule has 0 bridgehead atoms. The summed E-state index contributed by atoms with van der Waals surface area (Å²) in [7, 11) is -9.97. The Morgan fingerprint density at radius 3 is 0.908 bits per heavy atom. The number of hydrogen-bond acceptors (Lipinski definition) is 15. The van der Waals surface area contributed by atoms with Gasteiger partial charge >= 0.3 is 39.5 Å². The number of carbonyl (C=O) groups is 4. The molecule has 0 fully saturated rings. The molecule has 0 aromatic carbocycles. The fourth-order valence-corrected chi connectivity index (χ4v) is 12.0.